The first kappa shape index (κ1) is 11.8. The maximum Gasteiger partial charge on any atom is 0.223 e. The molecule has 1 heterocycles. The molecule has 0 aromatic carbocycles. The minimum Gasteiger partial charge on any atom is -0.356 e. The molecule has 1 aliphatic heterocycles. The number of nitrogens with one attached hydrogen (secondary N) is 2. The van der Waals surface area contributed by atoms with Gasteiger partial charge in [0.25, 0.3) is 0 Å². The van der Waals surface area contributed by atoms with E-state index in [2.05, 4.69) is 10.6 Å². The molecule has 0 aromatic heterocycles. The van der Waals surface area contributed by atoms with E-state index in [0.29, 0.717) is 0 Å². The Balaban J connectivity index is 0.000000980. The summed E-state index contributed by atoms with van der Waals surface area (Å²) in [6.07, 6.45) is 4.64. The van der Waals surface area contributed by atoms with Crippen molar-refractivity contribution in [1.29, 1.82) is 0 Å². The molecule has 1 aliphatic carbocycles. The van der Waals surface area contributed by atoms with Gasteiger partial charge in [0.05, 0.1) is 0 Å². The maximum atomic E-state index is 11.6. The Kier molecular flexibility index (Phi) is 4.69. The van der Waals surface area contributed by atoms with Crippen molar-refractivity contribution in [3.63, 3.8) is 0 Å². The summed E-state index contributed by atoms with van der Waals surface area (Å²) in [5.41, 5.74) is 0. The van der Waals surface area contributed by atoms with Gasteiger partial charge in [-0.15, -0.1) is 12.4 Å². The van der Waals surface area contributed by atoms with Crippen molar-refractivity contribution in [2.75, 3.05) is 19.6 Å². The zero-order valence-electron chi connectivity index (χ0n) is 8.42. The zero-order valence-corrected chi connectivity index (χ0v) is 9.24. The number of hydrogen-bond acceptors (Lipinski definition) is 2. The second kappa shape index (κ2) is 5.56. The lowest BCUT2D eigenvalue weighted by Gasteiger charge is -2.21. The van der Waals surface area contributed by atoms with E-state index < -0.39 is 0 Å². The smallest absolute Gasteiger partial charge is 0.223 e. The van der Waals surface area contributed by atoms with Crippen molar-refractivity contribution >= 4 is 18.3 Å². The number of carbonyl (C=O) groups is 1. The highest BCUT2D eigenvalue weighted by atomic mass is 35.5. The van der Waals surface area contributed by atoms with Crippen molar-refractivity contribution in [3.05, 3.63) is 0 Å². The Hall–Kier alpha value is -0.280. The Morgan fingerprint density at radius 1 is 1.21 bits per heavy atom. The van der Waals surface area contributed by atoms with Gasteiger partial charge in [0.2, 0.25) is 5.91 Å². The van der Waals surface area contributed by atoms with Gasteiger partial charge in [-0.3, -0.25) is 4.79 Å². The molecule has 0 aromatic rings. The van der Waals surface area contributed by atoms with Crippen LogP contribution in [0.1, 0.15) is 25.7 Å². The van der Waals surface area contributed by atoms with Crippen LogP contribution in [-0.4, -0.2) is 25.5 Å². The van der Waals surface area contributed by atoms with Gasteiger partial charge in [0, 0.05) is 12.5 Å². The fraction of sp³-hybridized carbons (Fsp3) is 0.900. The van der Waals surface area contributed by atoms with Gasteiger partial charge in [-0.05, 0) is 44.7 Å². The highest BCUT2D eigenvalue weighted by Gasteiger charge is 2.25. The minimum absolute atomic E-state index is 0. The predicted molar refractivity (Wildman–Crippen MR) is 58.6 cm³/mol. The van der Waals surface area contributed by atoms with Crippen LogP contribution in [-0.2, 0) is 4.79 Å². The van der Waals surface area contributed by atoms with Gasteiger partial charge in [-0.1, -0.05) is 0 Å². The molecule has 1 amide bonds. The Labute approximate surface area is 91.4 Å². The van der Waals surface area contributed by atoms with Crippen molar-refractivity contribution in [2.24, 2.45) is 11.8 Å². The number of piperidine rings is 1. The van der Waals surface area contributed by atoms with E-state index in [0.717, 1.165) is 38.4 Å². The van der Waals surface area contributed by atoms with E-state index in [9.17, 15) is 4.79 Å². The van der Waals surface area contributed by atoms with E-state index in [1.165, 1.54) is 12.8 Å². The van der Waals surface area contributed by atoms with Crippen LogP contribution in [0.4, 0.5) is 0 Å². The van der Waals surface area contributed by atoms with Crippen LogP contribution in [0.2, 0.25) is 0 Å². The van der Waals surface area contributed by atoms with Crippen LogP contribution in [0.3, 0.4) is 0 Å². The van der Waals surface area contributed by atoms with E-state index in [4.69, 9.17) is 0 Å². The normalized spacial score (nSPS) is 22.6. The van der Waals surface area contributed by atoms with Crippen molar-refractivity contribution in [1.82, 2.24) is 10.6 Å². The molecule has 1 saturated carbocycles. The summed E-state index contributed by atoms with van der Waals surface area (Å²) in [7, 11) is 0. The standard InChI is InChI=1S/C10H18N2O.ClH/c13-10(12-7-8-1-2-8)9-3-5-11-6-4-9;/h8-9,11H,1-7H2,(H,12,13);1H. The van der Waals surface area contributed by atoms with Crippen LogP contribution in [0.5, 0.6) is 0 Å². The van der Waals surface area contributed by atoms with E-state index in [1.807, 2.05) is 0 Å². The average molecular weight is 219 g/mol. The largest absolute Gasteiger partial charge is 0.356 e. The quantitative estimate of drug-likeness (QED) is 0.740. The molecule has 2 N–H and O–H groups in total. The third kappa shape index (κ3) is 3.46. The molecule has 0 atom stereocenters. The number of hydrogen-bond donors (Lipinski definition) is 2. The Morgan fingerprint density at radius 2 is 1.86 bits per heavy atom. The van der Waals surface area contributed by atoms with Gasteiger partial charge in [0.15, 0.2) is 0 Å². The Bertz CT molecular complexity index is 189. The van der Waals surface area contributed by atoms with Gasteiger partial charge < -0.3 is 10.6 Å². The zero-order chi connectivity index (χ0) is 9.10. The van der Waals surface area contributed by atoms with Crippen LogP contribution in [0, 0.1) is 11.8 Å². The molecule has 1 saturated heterocycles. The molecule has 0 radical (unpaired) electrons. The monoisotopic (exact) mass is 218 g/mol. The lowest BCUT2D eigenvalue weighted by atomic mass is 9.97. The van der Waals surface area contributed by atoms with Gasteiger partial charge in [0.1, 0.15) is 0 Å². The van der Waals surface area contributed by atoms with Gasteiger partial charge in [-0.25, -0.2) is 0 Å². The summed E-state index contributed by atoms with van der Waals surface area (Å²) in [5.74, 6) is 1.36. The van der Waals surface area contributed by atoms with Crippen molar-refractivity contribution in [2.45, 2.75) is 25.7 Å². The molecule has 3 nitrogen and oxygen atoms in total. The maximum absolute atomic E-state index is 11.6. The molecule has 0 unspecified atom stereocenters. The fourth-order valence-electron chi connectivity index (χ4n) is 1.80. The van der Waals surface area contributed by atoms with E-state index >= 15 is 0 Å². The SMILES string of the molecule is Cl.O=C(NCC1CC1)C1CCNCC1. The summed E-state index contributed by atoms with van der Waals surface area (Å²) >= 11 is 0. The Morgan fingerprint density at radius 3 is 2.43 bits per heavy atom. The van der Waals surface area contributed by atoms with E-state index in [1.54, 1.807) is 0 Å². The molecular weight excluding hydrogens is 200 g/mol. The molecule has 2 aliphatic rings. The first-order valence-electron chi connectivity index (χ1n) is 5.34. The van der Waals surface area contributed by atoms with Crippen molar-refractivity contribution < 1.29 is 4.79 Å². The third-order valence-corrected chi connectivity index (χ3v) is 2.97. The molecule has 0 spiro atoms. The summed E-state index contributed by atoms with van der Waals surface area (Å²) in [6.45, 7) is 2.92. The predicted octanol–water partition coefficient (Wildman–Crippen LogP) is 0.934. The summed E-state index contributed by atoms with van der Waals surface area (Å²) in [6, 6.07) is 0. The summed E-state index contributed by atoms with van der Waals surface area (Å²) in [4.78, 5) is 11.6. The minimum atomic E-state index is 0. The van der Waals surface area contributed by atoms with Crippen LogP contribution in [0.25, 0.3) is 0 Å². The molecule has 0 bridgehead atoms. The highest BCUT2D eigenvalue weighted by molar-refractivity contribution is 5.85. The average Bonchev–Trinajstić information content (AvgIpc) is 2.99. The first-order chi connectivity index (χ1) is 6.36. The second-order valence-corrected chi connectivity index (χ2v) is 4.21. The molecule has 14 heavy (non-hydrogen) atoms. The topological polar surface area (TPSA) is 41.1 Å². The first-order valence-corrected chi connectivity index (χ1v) is 5.34. The molecule has 2 fully saturated rings. The summed E-state index contributed by atoms with van der Waals surface area (Å²) in [5, 5.41) is 6.31. The number of carbonyl (C=O) groups excluding carboxylic acids is 1. The highest BCUT2D eigenvalue weighted by Crippen LogP contribution is 2.27. The second-order valence-electron chi connectivity index (χ2n) is 4.21. The van der Waals surface area contributed by atoms with Gasteiger partial charge in [-0.2, -0.15) is 0 Å². The lowest BCUT2D eigenvalue weighted by molar-refractivity contribution is -0.125. The molecule has 82 valence electrons. The number of halogens is 1. The fourth-order valence-corrected chi connectivity index (χ4v) is 1.80. The number of rotatable bonds is 3. The molecule has 2 rings (SSSR count). The van der Waals surface area contributed by atoms with Crippen LogP contribution < -0.4 is 10.6 Å². The summed E-state index contributed by atoms with van der Waals surface area (Å²) < 4.78 is 0. The van der Waals surface area contributed by atoms with E-state index in [-0.39, 0.29) is 24.2 Å². The molecular formula is C10H19ClN2O. The third-order valence-electron chi connectivity index (χ3n) is 2.97. The van der Waals surface area contributed by atoms with Crippen molar-refractivity contribution in [3.8, 4) is 0 Å². The molecule has 4 heteroatoms. The van der Waals surface area contributed by atoms with Crippen LogP contribution in [0.15, 0.2) is 0 Å². The lowest BCUT2D eigenvalue weighted by Crippen LogP contribution is -2.38. The van der Waals surface area contributed by atoms with Crippen LogP contribution >= 0.6 is 12.4 Å². The number of amides is 1. The van der Waals surface area contributed by atoms with Gasteiger partial charge >= 0.3 is 0 Å².